The third-order valence-corrected chi connectivity index (χ3v) is 4.14. The minimum atomic E-state index is -0.722. The Hall–Kier alpha value is -1.81. The van der Waals surface area contributed by atoms with E-state index in [-0.39, 0.29) is 5.91 Å². The molecule has 3 N–H and O–H groups in total. The van der Waals surface area contributed by atoms with Crippen LogP contribution in [0.3, 0.4) is 0 Å². The summed E-state index contributed by atoms with van der Waals surface area (Å²) < 4.78 is 0. The van der Waals surface area contributed by atoms with Gasteiger partial charge in [0, 0.05) is 17.4 Å². The van der Waals surface area contributed by atoms with E-state index in [0.29, 0.717) is 12.2 Å². The first-order valence-corrected chi connectivity index (χ1v) is 7.25. The highest BCUT2D eigenvalue weighted by Gasteiger charge is 2.29. The summed E-state index contributed by atoms with van der Waals surface area (Å²) in [6, 6.07) is 9.64. The Morgan fingerprint density at radius 3 is 2.75 bits per heavy atom. The van der Waals surface area contributed by atoms with Crippen LogP contribution < -0.4 is 5.32 Å². The topological polar surface area (TPSA) is 65.1 Å². The van der Waals surface area contributed by atoms with Crippen LogP contribution in [-0.2, 0) is 0 Å². The van der Waals surface area contributed by atoms with Crippen molar-refractivity contribution in [3.63, 3.8) is 0 Å². The summed E-state index contributed by atoms with van der Waals surface area (Å²) in [4.78, 5) is 15.2. The van der Waals surface area contributed by atoms with Crippen LogP contribution in [0.15, 0.2) is 30.3 Å². The Balaban J connectivity index is 1.66. The van der Waals surface area contributed by atoms with Crippen molar-refractivity contribution in [1.29, 1.82) is 0 Å². The molecule has 2 aromatic rings. The van der Waals surface area contributed by atoms with Crippen molar-refractivity contribution in [2.75, 3.05) is 6.54 Å². The first-order chi connectivity index (χ1) is 9.66. The van der Waals surface area contributed by atoms with Crippen LogP contribution >= 0.6 is 0 Å². The molecule has 0 atom stereocenters. The third-order valence-electron chi connectivity index (χ3n) is 4.14. The minimum Gasteiger partial charge on any atom is -0.388 e. The molecule has 3 rings (SSSR count). The highest BCUT2D eigenvalue weighted by molar-refractivity contribution is 5.97. The Bertz CT molecular complexity index is 579. The van der Waals surface area contributed by atoms with Crippen LogP contribution in [0.4, 0.5) is 0 Å². The average Bonchev–Trinajstić information content (AvgIpc) is 2.89. The molecule has 1 fully saturated rings. The van der Waals surface area contributed by atoms with Crippen LogP contribution in [0.1, 0.15) is 42.6 Å². The van der Waals surface area contributed by atoms with E-state index in [1.165, 1.54) is 6.42 Å². The zero-order valence-electron chi connectivity index (χ0n) is 11.5. The second kappa shape index (κ2) is 5.29. The van der Waals surface area contributed by atoms with Gasteiger partial charge in [-0.3, -0.25) is 4.79 Å². The number of rotatable bonds is 3. The van der Waals surface area contributed by atoms with E-state index in [0.717, 1.165) is 36.6 Å². The lowest BCUT2D eigenvalue weighted by molar-refractivity contribution is 0.00522. The van der Waals surface area contributed by atoms with E-state index < -0.39 is 5.60 Å². The molecule has 4 heteroatoms. The summed E-state index contributed by atoms with van der Waals surface area (Å²) in [6.07, 6.45) is 4.82. The minimum absolute atomic E-state index is 0.153. The molecule has 106 valence electrons. The fraction of sp³-hybridized carbons (Fsp3) is 0.438. The predicted octanol–water partition coefficient (Wildman–Crippen LogP) is 2.59. The first-order valence-electron chi connectivity index (χ1n) is 7.25. The molecule has 1 aliphatic carbocycles. The lowest BCUT2D eigenvalue weighted by atomic mass is 9.85. The van der Waals surface area contributed by atoms with Gasteiger partial charge in [0.2, 0.25) is 0 Å². The molecule has 0 radical (unpaired) electrons. The van der Waals surface area contributed by atoms with Crippen LogP contribution in [0.5, 0.6) is 0 Å². The van der Waals surface area contributed by atoms with Crippen molar-refractivity contribution in [3.8, 4) is 0 Å². The van der Waals surface area contributed by atoms with Gasteiger partial charge in [-0.15, -0.1) is 0 Å². The quantitative estimate of drug-likeness (QED) is 0.804. The maximum atomic E-state index is 12.1. The van der Waals surface area contributed by atoms with E-state index in [4.69, 9.17) is 0 Å². The number of carbonyl (C=O) groups is 1. The van der Waals surface area contributed by atoms with Gasteiger partial charge >= 0.3 is 0 Å². The molecule has 0 bridgehead atoms. The van der Waals surface area contributed by atoms with Gasteiger partial charge in [0.1, 0.15) is 5.69 Å². The summed E-state index contributed by atoms with van der Waals surface area (Å²) in [5.41, 5.74) is 0.777. The standard InChI is InChI=1S/C16H20N2O2/c19-15(17-11-16(20)8-4-1-5-9-16)14-10-12-6-2-3-7-13(12)18-14/h2-3,6-7,10,18,20H,1,4-5,8-9,11H2,(H,17,19). The Labute approximate surface area is 118 Å². The van der Waals surface area contributed by atoms with Gasteiger partial charge < -0.3 is 15.4 Å². The van der Waals surface area contributed by atoms with Gasteiger partial charge in [0.25, 0.3) is 5.91 Å². The van der Waals surface area contributed by atoms with Crippen molar-refractivity contribution in [2.45, 2.75) is 37.7 Å². The number of carbonyl (C=O) groups excluding carboxylic acids is 1. The summed E-state index contributed by atoms with van der Waals surface area (Å²) in [5, 5.41) is 14.3. The van der Waals surface area contributed by atoms with Crippen LogP contribution in [0.25, 0.3) is 10.9 Å². The molecule has 1 aromatic carbocycles. The number of hydrogen-bond donors (Lipinski definition) is 3. The molecular weight excluding hydrogens is 252 g/mol. The molecule has 0 spiro atoms. The van der Waals surface area contributed by atoms with Crippen molar-refractivity contribution in [2.24, 2.45) is 0 Å². The number of para-hydroxylation sites is 1. The maximum absolute atomic E-state index is 12.1. The molecule has 1 amide bonds. The summed E-state index contributed by atoms with van der Waals surface area (Å²) in [7, 11) is 0. The largest absolute Gasteiger partial charge is 0.388 e. The molecule has 1 heterocycles. The molecule has 1 saturated carbocycles. The highest BCUT2D eigenvalue weighted by Crippen LogP contribution is 2.27. The van der Waals surface area contributed by atoms with Crippen molar-refractivity contribution < 1.29 is 9.90 Å². The lowest BCUT2D eigenvalue weighted by Crippen LogP contribution is -2.44. The number of aliphatic hydroxyl groups is 1. The highest BCUT2D eigenvalue weighted by atomic mass is 16.3. The Morgan fingerprint density at radius 1 is 1.25 bits per heavy atom. The van der Waals surface area contributed by atoms with E-state index >= 15 is 0 Å². The Morgan fingerprint density at radius 2 is 2.00 bits per heavy atom. The average molecular weight is 272 g/mol. The van der Waals surface area contributed by atoms with Crippen molar-refractivity contribution in [1.82, 2.24) is 10.3 Å². The summed E-state index contributed by atoms with van der Waals surface area (Å²) >= 11 is 0. The van der Waals surface area contributed by atoms with Crippen LogP contribution in [0.2, 0.25) is 0 Å². The Kier molecular flexibility index (Phi) is 3.49. The van der Waals surface area contributed by atoms with Gasteiger partial charge in [0.05, 0.1) is 5.60 Å². The fourth-order valence-electron chi connectivity index (χ4n) is 2.92. The number of aromatic nitrogens is 1. The molecule has 1 aliphatic rings. The number of nitrogens with one attached hydrogen (secondary N) is 2. The monoisotopic (exact) mass is 272 g/mol. The SMILES string of the molecule is O=C(NCC1(O)CCCCC1)c1cc2ccccc2[nH]1. The summed E-state index contributed by atoms with van der Waals surface area (Å²) in [5.74, 6) is -0.153. The molecular formula is C16H20N2O2. The fourth-order valence-corrected chi connectivity index (χ4v) is 2.92. The normalized spacial score (nSPS) is 18.1. The molecule has 0 saturated heterocycles. The number of benzene rings is 1. The molecule has 0 unspecified atom stereocenters. The summed E-state index contributed by atoms with van der Waals surface area (Å²) in [6.45, 7) is 0.335. The number of hydrogen-bond acceptors (Lipinski definition) is 2. The molecule has 1 aromatic heterocycles. The van der Waals surface area contributed by atoms with Gasteiger partial charge in [-0.25, -0.2) is 0 Å². The van der Waals surface area contributed by atoms with Gasteiger partial charge in [-0.1, -0.05) is 37.5 Å². The zero-order chi connectivity index (χ0) is 14.0. The zero-order valence-corrected chi connectivity index (χ0v) is 11.5. The van der Waals surface area contributed by atoms with E-state index in [1.54, 1.807) is 0 Å². The van der Waals surface area contributed by atoms with Gasteiger partial charge in [0.15, 0.2) is 0 Å². The molecule has 20 heavy (non-hydrogen) atoms. The maximum Gasteiger partial charge on any atom is 0.267 e. The second-order valence-electron chi connectivity index (χ2n) is 5.74. The molecule has 0 aliphatic heterocycles. The van der Waals surface area contributed by atoms with E-state index in [2.05, 4.69) is 10.3 Å². The predicted molar refractivity (Wildman–Crippen MR) is 78.7 cm³/mol. The van der Waals surface area contributed by atoms with Crippen molar-refractivity contribution in [3.05, 3.63) is 36.0 Å². The number of aromatic amines is 1. The smallest absolute Gasteiger partial charge is 0.267 e. The van der Waals surface area contributed by atoms with Gasteiger partial charge in [-0.05, 0) is 25.0 Å². The van der Waals surface area contributed by atoms with Crippen LogP contribution in [-0.4, -0.2) is 28.1 Å². The number of H-pyrrole nitrogens is 1. The lowest BCUT2D eigenvalue weighted by Gasteiger charge is -2.32. The van der Waals surface area contributed by atoms with Crippen molar-refractivity contribution >= 4 is 16.8 Å². The number of amides is 1. The van der Waals surface area contributed by atoms with Gasteiger partial charge in [-0.2, -0.15) is 0 Å². The van der Waals surface area contributed by atoms with E-state index in [1.807, 2.05) is 30.3 Å². The first kappa shape index (κ1) is 13.2. The van der Waals surface area contributed by atoms with Crippen LogP contribution in [0, 0.1) is 0 Å². The van der Waals surface area contributed by atoms with E-state index in [9.17, 15) is 9.90 Å². The second-order valence-corrected chi connectivity index (χ2v) is 5.74. The molecule has 4 nitrogen and oxygen atoms in total. The third kappa shape index (κ3) is 2.70. The number of fused-ring (bicyclic) bond motifs is 1.